The Balaban J connectivity index is 2.80. The summed E-state index contributed by atoms with van der Waals surface area (Å²) < 4.78 is 17.8. The molecule has 0 aliphatic heterocycles. The summed E-state index contributed by atoms with van der Waals surface area (Å²) in [6.07, 6.45) is 1.50. The predicted octanol–water partition coefficient (Wildman–Crippen LogP) is 1.81. The van der Waals surface area contributed by atoms with Crippen molar-refractivity contribution in [2.45, 2.75) is 57.7 Å². The van der Waals surface area contributed by atoms with Gasteiger partial charge in [-0.15, -0.1) is 5.10 Å². The fraction of sp³-hybridized carbons (Fsp3) is 0.857. The second-order valence-corrected chi connectivity index (χ2v) is 12.5. The molecule has 1 rings (SSSR count). The zero-order valence-electron chi connectivity index (χ0n) is 14.7. The summed E-state index contributed by atoms with van der Waals surface area (Å²) in [5.41, 5.74) is -0.950. The van der Waals surface area contributed by atoms with Crippen molar-refractivity contribution in [1.29, 1.82) is 0 Å². The normalized spacial score (nSPS) is 15.8. The third kappa shape index (κ3) is 4.36. The molecular weight excluding hydrogens is 302 g/mol. The van der Waals surface area contributed by atoms with E-state index in [1.807, 2.05) is 0 Å². The maximum absolute atomic E-state index is 10.9. The summed E-state index contributed by atoms with van der Waals surface area (Å²) in [5.74, 6) is -1.22. The summed E-state index contributed by atoms with van der Waals surface area (Å²) in [6, 6.07) is 1.07. The Morgan fingerprint density at radius 1 is 1.23 bits per heavy atom. The molecule has 0 saturated carbocycles. The maximum atomic E-state index is 10.9. The third-order valence-electron chi connectivity index (χ3n) is 3.99. The predicted molar refractivity (Wildman–Crippen MR) is 86.1 cm³/mol. The van der Waals surface area contributed by atoms with E-state index >= 15 is 0 Å². The number of hydrogen-bond donors (Lipinski definition) is 1. The zero-order valence-corrected chi connectivity index (χ0v) is 15.7. The topological polar surface area (TPSA) is 78.6 Å². The molecule has 1 heterocycles. The average Bonchev–Trinajstić information content (AvgIpc) is 2.90. The largest absolute Gasteiger partial charge is 0.378 e. The Bertz CT molecular complexity index is 467. The lowest BCUT2D eigenvalue weighted by atomic mass is 9.92. The molecule has 0 aliphatic carbocycles. The summed E-state index contributed by atoms with van der Waals surface area (Å²) in [7, 11) is 1.83. The van der Waals surface area contributed by atoms with E-state index < -0.39 is 19.5 Å². The fourth-order valence-electron chi connectivity index (χ4n) is 1.97. The maximum Gasteiger partial charge on any atom is 0.199 e. The highest BCUT2D eigenvalue weighted by atomic mass is 28.3. The molecule has 0 radical (unpaired) electrons. The Morgan fingerprint density at radius 3 is 2.32 bits per heavy atom. The number of ether oxygens (including phenoxy) is 3. The lowest BCUT2D eigenvalue weighted by molar-refractivity contribution is -0.293. The molecule has 7 nitrogen and oxygen atoms in total. The summed E-state index contributed by atoms with van der Waals surface area (Å²) in [5, 5.41) is 18.7. The summed E-state index contributed by atoms with van der Waals surface area (Å²) >= 11 is 0. The molecule has 128 valence electrons. The molecule has 0 saturated heterocycles. The monoisotopic (exact) mass is 331 g/mol. The molecule has 0 spiro atoms. The first-order chi connectivity index (χ1) is 10.1. The molecular formula is C14H29N3O4Si. The van der Waals surface area contributed by atoms with E-state index in [2.05, 4.69) is 30.0 Å². The van der Waals surface area contributed by atoms with E-state index in [-0.39, 0.29) is 6.73 Å². The number of aromatic nitrogens is 3. The Hall–Kier alpha value is -0.803. The van der Waals surface area contributed by atoms with Crippen LogP contribution in [0.2, 0.25) is 25.7 Å². The van der Waals surface area contributed by atoms with Gasteiger partial charge in [0.05, 0.1) is 11.9 Å². The van der Waals surface area contributed by atoms with Gasteiger partial charge >= 0.3 is 0 Å². The first-order valence-electron chi connectivity index (χ1n) is 7.37. The van der Waals surface area contributed by atoms with Gasteiger partial charge in [0.2, 0.25) is 0 Å². The van der Waals surface area contributed by atoms with Crippen LogP contribution in [-0.4, -0.2) is 54.8 Å². The van der Waals surface area contributed by atoms with Crippen molar-refractivity contribution in [3.05, 3.63) is 11.9 Å². The van der Waals surface area contributed by atoms with E-state index in [9.17, 15) is 5.11 Å². The van der Waals surface area contributed by atoms with Crippen molar-refractivity contribution in [1.82, 2.24) is 15.0 Å². The van der Waals surface area contributed by atoms with Crippen LogP contribution >= 0.6 is 0 Å². The van der Waals surface area contributed by atoms with E-state index in [4.69, 9.17) is 14.2 Å². The van der Waals surface area contributed by atoms with Crippen molar-refractivity contribution in [3.63, 3.8) is 0 Å². The van der Waals surface area contributed by atoms with Crippen molar-refractivity contribution in [2.24, 2.45) is 0 Å². The standard InChI is InChI=1S/C14H29N3O4Si/c1-13(18,14(2,19-3)20-4)12-10-15-16-17(12)11-21-8-9-22(5,6)7/h10,18H,8-9,11H2,1-7H3. The molecule has 22 heavy (non-hydrogen) atoms. The van der Waals surface area contributed by atoms with Crippen LogP contribution in [0.1, 0.15) is 19.5 Å². The number of aliphatic hydroxyl groups is 1. The molecule has 0 bridgehead atoms. The molecule has 0 aromatic carbocycles. The Kier molecular flexibility index (Phi) is 6.28. The Labute approximate surface area is 133 Å². The van der Waals surface area contributed by atoms with Gasteiger partial charge < -0.3 is 19.3 Å². The minimum atomic E-state index is -1.43. The van der Waals surface area contributed by atoms with Crippen molar-refractivity contribution < 1.29 is 19.3 Å². The molecule has 1 aromatic heterocycles. The minimum Gasteiger partial charge on any atom is -0.378 e. The van der Waals surface area contributed by atoms with Crippen LogP contribution in [0.4, 0.5) is 0 Å². The van der Waals surface area contributed by atoms with Crippen LogP contribution in [0.15, 0.2) is 6.20 Å². The van der Waals surface area contributed by atoms with Gasteiger partial charge in [0.25, 0.3) is 0 Å². The highest BCUT2D eigenvalue weighted by Gasteiger charge is 2.48. The average molecular weight is 331 g/mol. The zero-order chi connectivity index (χ0) is 17.0. The highest BCUT2D eigenvalue weighted by molar-refractivity contribution is 6.76. The van der Waals surface area contributed by atoms with Gasteiger partial charge in [-0.2, -0.15) is 0 Å². The van der Waals surface area contributed by atoms with Gasteiger partial charge in [-0.1, -0.05) is 24.9 Å². The van der Waals surface area contributed by atoms with Crippen LogP contribution in [0.3, 0.4) is 0 Å². The van der Waals surface area contributed by atoms with Crippen LogP contribution in [0, 0.1) is 0 Å². The van der Waals surface area contributed by atoms with E-state index in [1.54, 1.807) is 13.8 Å². The minimum absolute atomic E-state index is 0.236. The van der Waals surface area contributed by atoms with Crippen LogP contribution in [-0.2, 0) is 26.5 Å². The second kappa shape index (κ2) is 7.18. The van der Waals surface area contributed by atoms with Gasteiger partial charge in [0.15, 0.2) is 11.4 Å². The summed E-state index contributed by atoms with van der Waals surface area (Å²) in [4.78, 5) is 0. The molecule has 1 aromatic rings. The molecule has 0 fully saturated rings. The lowest BCUT2D eigenvalue weighted by Gasteiger charge is -2.39. The van der Waals surface area contributed by atoms with E-state index in [0.717, 1.165) is 6.04 Å². The second-order valence-electron chi connectivity index (χ2n) is 6.89. The van der Waals surface area contributed by atoms with Crippen LogP contribution < -0.4 is 0 Å². The van der Waals surface area contributed by atoms with Crippen LogP contribution in [0.5, 0.6) is 0 Å². The number of nitrogens with zero attached hydrogens (tertiary/aromatic N) is 3. The van der Waals surface area contributed by atoms with Crippen LogP contribution in [0.25, 0.3) is 0 Å². The van der Waals surface area contributed by atoms with Crippen molar-refractivity contribution in [3.8, 4) is 0 Å². The summed E-state index contributed by atoms with van der Waals surface area (Å²) in [6.45, 7) is 11.1. The highest BCUT2D eigenvalue weighted by Crippen LogP contribution is 2.35. The molecule has 0 amide bonds. The smallest absolute Gasteiger partial charge is 0.199 e. The van der Waals surface area contributed by atoms with Crippen molar-refractivity contribution >= 4 is 8.07 Å². The van der Waals surface area contributed by atoms with Gasteiger partial charge in [-0.25, -0.2) is 4.68 Å². The first kappa shape index (κ1) is 19.2. The quantitative estimate of drug-likeness (QED) is 0.422. The molecule has 1 N–H and O–H groups in total. The molecule has 1 atom stereocenters. The third-order valence-corrected chi connectivity index (χ3v) is 5.69. The first-order valence-corrected chi connectivity index (χ1v) is 11.1. The molecule has 8 heteroatoms. The SMILES string of the molecule is COC(C)(OC)C(C)(O)c1cnnn1COCC[Si](C)(C)C. The molecule has 1 unspecified atom stereocenters. The number of hydrogen-bond acceptors (Lipinski definition) is 6. The van der Waals surface area contributed by atoms with Gasteiger partial charge in [0.1, 0.15) is 6.73 Å². The van der Waals surface area contributed by atoms with E-state index in [1.165, 1.54) is 25.1 Å². The van der Waals surface area contributed by atoms with Gasteiger partial charge in [0, 0.05) is 28.9 Å². The molecule has 0 aliphatic rings. The lowest BCUT2D eigenvalue weighted by Crippen LogP contribution is -2.51. The van der Waals surface area contributed by atoms with Gasteiger partial charge in [-0.05, 0) is 19.9 Å². The Morgan fingerprint density at radius 2 is 1.82 bits per heavy atom. The fourth-order valence-corrected chi connectivity index (χ4v) is 2.73. The number of rotatable bonds is 9. The van der Waals surface area contributed by atoms with Crippen molar-refractivity contribution in [2.75, 3.05) is 20.8 Å². The number of methoxy groups -OCH3 is 2. The van der Waals surface area contributed by atoms with E-state index in [0.29, 0.717) is 12.3 Å². The van der Waals surface area contributed by atoms with Gasteiger partial charge in [-0.3, -0.25) is 0 Å².